The van der Waals surface area contributed by atoms with Crippen LogP contribution in [0.25, 0.3) is 0 Å². The average molecular weight is 244 g/mol. The van der Waals surface area contributed by atoms with Crippen LogP contribution in [0.2, 0.25) is 0 Å². The number of aliphatic carboxylic acids is 2. The van der Waals surface area contributed by atoms with E-state index < -0.39 is 18.0 Å². The van der Waals surface area contributed by atoms with Gasteiger partial charge in [0.05, 0.1) is 11.9 Å². The number of carbonyl (C=O) groups excluding carboxylic acids is 2. The first-order chi connectivity index (χ1) is 6.95. The van der Waals surface area contributed by atoms with Crippen LogP contribution >= 0.6 is 0 Å². The van der Waals surface area contributed by atoms with Crippen molar-refractivity contribution in [3.05, 3.63) is 0 Å². The van der Waals surface area contributed by atoms with E-state index in [4.69, 9.17) is 21.4 Å². The van der Waals surface area contributed by atoms with Crippen molar-refractivity contribution in [3.8, 4) is 0 Å². The molecule has 0 aliphatic carbocycles. The SMILES string of the molecule is NCC(=O)[O-].NCCCC[C@H](N)C(=O)[O-].[Mg+2]. The molecule has 0 fully saturated rings. The summed E-state index contributed by atoms with van der Waals surface area (Å²) in [7, 11) is 0. The normalized spacial score (nSPS) is 10.4. The fourth-order valence-electron chi connectivity index (χ4n) is 0.626. The first-order valence-electron chi connectivity index (χ1n) is 4.52. The molecule has 0 rings (SSSR count). The summed E-state index contributed by atoms with van der Waals surface area (Å²) in [5, 5.41) is 19.2. The number of nitrogens with two attached hydrogens (primary N) is 3. The standard InChI is InChI=1S/C6H14N2O2.C2H5NO2.Mg/c7-4-2-1-3-5(8)6(9)10;3-1-2(4)5;/h5H,1-4,7-8H2,(H,9,10);1,3H2,(H,4,5);/q;;+2/p-2/t5-;;/m0../s1. The zero-order chi connectivity index (χ0) is 12.3. The molecule has 1 atom stereocenters. The van der Waals surface area contributed by atoms with Crippen molar-refractivity contribution in [2.45, 2.75) is 25.3 Å². The number of hydrogen-bond acceptors (Lipinski definition) is 7. The maximum Gasteiger partial charge on any atom is 2.00 e. The Kier molecular flexibility index (Phi) is 19.1. The third-order valence-electron chi connectivity index (χ3n) is 1.44. The Bertz CT molecular complexity index is 192. The van der Waals surface area contributed by atoms with Crippen LogP contribution in [0.5, 0.6) is 0 Å². The zero-order valence-electron chi connectivity index (χ0n) is 9.19. The van der Waals surface area contributed by atoms with Gasteiger partial charge in [-0.05, 0) is 19.4 Å². The summed E-state index contributed by atoms with van der Waals surface area (Å²) < 4.78 is 0. The molecule has 0 saturated heterocycles. The van der Waals surface area contributed by atoms with Crippen molar-refractivity contribution in [1.82, 2.24) is 0 Å². The topological polar surface area (TPSA) is 158 Å². The van der Waals surface area contributed by atoms with Crippen molar-refractivity contribution in [2.24, 2.45) is 17.2 Å². The number of carbonyl (C=O) groups is 2. The number of carboxylic acid groups (broad SMARTS) is 2. The van der Waals surface area contributed by atoms with Crippen LogP contribution in [-0.4, -0.2) is 54.1 Å². The summed E-state index contributed by atoms with van der Waals surface area (Å²) >= 11 is 0. The second-order valence-electron chi connectivity index (χ2n) is 2.79. The van der Waals surface area contributed by atoms with E-state index >= 15 is 0 Å². The fraction of sp³-hybridized carbons (Fsp3) is 0.750. The molecule has 0 aliphatic rings. The molecule has 0 bridgehead atoms. The number of hydrogen-bond donors (Lipinski definition) is 3. The summed E-state index contributed by atoms with van der Waals surface area (Å²) in [6.07, 6.45) is 2.03. The van der Waals surface area contributed by atoms with E-state index in [1.54, 1.807) is 0 Å². The predicted octanol–water partition coefficient (Wildman–Crippen LogP) is -4.49. The number of unbranched alkanes of at least 4 members (excludes halogenated alkanes) is 1. The summed E-state index contributed by atoms with van der Waals surface area (Å²) in [5.74, 6) is -2.40. The molecule has 16 heavy (non-hydrogen) atoms. The largest absolute Gasteiger partial charge is 2.00 e. The van der Waals surface area contributed by atoms with Gasteiger partial charge in [-0.3, -0.25) is 0 Å². The maximum atomic E-state index is 10.0. The first-order valence-corrected chi connectivity index (χ1v) is 4.52. The molecular weight excluding hydrogens is 226 g/mol. The van der Waals surface area contributed by atoms with E-state index in [1.165, 1.54) is 0 Å². The van der Waals surface area contributed by atoms with Gasteiger partial charge >= 0.3 is 23.1 Å². The van der Waals surface area contributed by atoms with Gasteiger partial charge in [-0.15, -0.1) is 0 Å². The molecular formula is C8H17MgN3O4. The second kappa shape index (κ2) is 14.6. The second-order valence-corrected chi connectivity index (χ2v) is 2.79. The molecule has 8 heteroatoms. The summed E-state index contributed by atoms with van der Waals surface area (Å²) in [4.78, 5) is 19.2. The molecule has 90 valence electrons. The quantitative estimate of drug-likeness (QED) is 0.313. The zero-order valence-corrected chi connectivity index (χ0v) is 10.6. The Morgan fingerprint density at radius 2 is 1.56 bits per heavy atom. The van der Waals surface area contributed by atoms with E-state index in [0.29, 0.717) is 13.0 Å². The molecule has 0 aromatic carbocycles. The third-order valence-corrected chi connectivity index (χ3v) is 1.44. The maximum absolute atomic E-state index is 10.0. The van der Waals surface area contributed by atoms with Crippen molar-refractivity contribution in [1.29, 1.82) is 0 Å². The molecule has 7 nitrogen and oxygen atoms in total. The van der Waals surface area contributed by atoms with E-state index in [-0.39, 0.29) is 29.6 Å². The van der Waals surface area contributed by atoms with E-state index in [2.05, 4.69) is 5.73 Å². The Morgan fingerprint density at radius 1 is 1.12 bits per heavy atom. The van der Waals surface area contributed by atoms with Crippen molar-refractivity contribution in [2.75, 3.05) is 13.1 Å². The summed E-state index contributed by atoms with van der Waals surface area (Å²) in [5.41, 5.74) is 14.9. The summed E-state index contributed by atoms with van der Waals surface area (Å²) in [6.45, 7) is 0.194. The average Bonchev–Trinajstić information content (AvgIpc) is 2.18. The molecule has 0 spiro atoms. The van der Waals surface area contributed by atoms with Gasteiger partial charge in [0.25, 0.3) is 0 Å². The predicted molar refractivity (Wildman–Crippen MR) is 55.7 cm³/mol. The molecule has 0 aliphatic heterocycles. The van der Waals surface area contributed by atoms with Crippen LogP contribution in [0.1, 0.15) is 19.3 Å². The van der Waals surface area contributed by atoms with Gasteiger partial charge in [-0.2, -0.15) is 0 Å². The molecule has 0 aromatic rings. The van der Waals surface area contributed by atoms with Crippen LogP contribution in [0.4, 0.5) is 0 Å². The van der Waals surface area contributed by atoms with Crippen LogP contribution in [0.15, 0.2) is 0 Å². The van der Waals surface area contributed by atoms with Crippen LogP contribution in [-0.2, 0) is 9.59 Å². The van der Waals surface area contributed by atoms with Crippen LogP contribution < -0.4 is 27.4 Å². The van der Waals surface area contributed by atoms with Gasteiger partial charge in [0.1, 0.15) is 0 Å². The minimum Gasteiger partial charge on any atom is -0.549 e. The third kappa shape index (κ3) is 19.2. The molecule has 0 unspecified atom stereocenters. The molecule has 0 heterocycles. The summed E-state index contributed by atoms with van der Waals surface area (Å²) in [6, 6.07) is -0.827. The van der Waals surface area contributed by atoms with Gasteiger partial charge < -0.3 is 37.0 Å². The van der Waals surface area contributed by atoms with Gasteiger partial charge in [-0.25, -0.2) is 0 Å². The molecule has 0 saturated carbocycles. The Morgan fingerprint density at radius 3 is 1.81 bits per heavy atom. The van der Waals surface area contributed by atoms with Gasteiger partial charge in [0.2, 0.25) is 0 Å². The molecule has 0 amide bonds. The number of carboxylic acids is 2. The van der Waals surface area contributed by atoms with E-state index in [9.17, 15) is 9.90 Å². The smallest absolute Gasteiger partial charge is 0.549 e. The molecule has 0 radical (unpaired) electrons. The molecule has 6 N–H and O–H groups in total. The van der Waals surface area contributed by atoms with Crippen molar-refractivity contribution >= 4 is 35.0 Å². The van der Waals surface area contributed by atoms with E-state index in [1.807, 2.05) is 0 Å². The van der Waals surface area contributed by atoms with Crippen LogP contribution in [0.3, 0.4) is 0 Å². The van der Waals surface area contributed by atoms with Crippen molar-refractivity contribution < 1.29 is 19.8 Å². The van der Waals surface area contributed by atoms with E-state index in [0.717, 1.165) is 12.8 Å². The monoisotopic (exact) mass is 243 g/mol. The first kappa shape index (κ1) is 20.9. The minimum absolute atomic E-state index is 0. The van der Waals surface area contributed by atoms with Crippen LogP contribution in [0, 0.1) is 0 Å². The Balaban J connectivity index is -0.000000242. The Labute approximate surface area is 111 Å². The fourth-order valence-corrected chi connectivity index (χ4v) is 0.626. The Hall–Kier alpha value is -0.414. The minimum atomic E-state index is -1.22. The van der Waals surface area contributed by atoms with Gasteiger partial charge in [-0.1, -0.05) is 6.42 Å². The van der Waals surface area contributed by atoms with Gasteiger partial charge in [0, 0.05) is 12.6 Å². The molecule has 0 aromatic heterocycles. The number of rotatable bonds is 6. The van der Waals surface area contributed by atoms with Gasteiger partial charge in [0.15, 0.2) is 0 Å². The van der Waals surface area contributed by atoms with Crippen molar-refractivity contribution in [3.63, 3.8) is 0 Å².